The Morgan fingerprint density at radius 2 is 2.09 bits per heavy atom. The number of aromatic nitrogens is 1. The largest absolute Gasteiger partial charge is 0.480 e. The van der Waals surface area contributed by atoms with Crippen molar-refractivity contribution >= 4 is 22.8 Å². The molecule has 0 aliphatic heterocycles. The first-order valence-corrected chi connectivity index (χ1v) is 7.24. The van der Waals surface area contributed by atoms with Gasteiger partial charge in [0.15, 0.2) is 0 Å². The zero-order valence-electron chi connectivity index (χ0n) is 12.6. The van der Waals surface area contributed by atoms with Crippen molar-refractivity contribution in [1.29, 1.82) is 0 Å². The van der Waals surface area contributed by atoms with Gasteiger partial charge in [0.2, 0.25) is 12.3 Å². The van der Waals surface area contributed by atoms with E-state index in [2.05, 4.69) is 10.3 Å². The highest BCUT2D eigenvalue weighted by Gasteiger charge is 2.24. The van der Waals surface area contributed by atoms with Crippen LogP contribution in [-0.2, 0) is 16.0 Å². The van der Waals surface area contributed by atoms with Gasteiger partial charge in [-0.3, -0.25) is 4.79 Å². The summed E-state index contributed by atoms with van der Waals surface area (Å²) in [7, 11) is 0. The van der Waals surface area contributed by atoms with Gasteiger partial charge in [-0.15, -0.1) is 0 Å². The fourth-order valence-corrected chi connectivity index (χ4v) is 2.49. The molecule has 1 aromatic heterocycles. The molecule has 1 heterocycles. The molecule has 1 aromatic carbocycles. The van der Waals surface area contributed by atoms with Crippen LogP contribution in [0.25, 0.3) is 10.9 Å². The van der Waals surface area contributed by atoms with Crippen molar-refractivity contribution in [2.24, 2.45) is 0 Å². The number of nitrogens with one attached hydrogen (secondary N) is 2. The number of alkyl halides is 2. The van der Waals surface area contributed by atoms with E-state index in [-0.39, 0.29) is 6.42 Å². The summed E-state index contributed by atoms with van der Waals surface area (Å²) in [5, 5.41) is 12.0. The van der Waals surface area contributed by atoms with Gasteiger partial charge in [-0.05, 0) is 24.5 Å². The predicted molar refractivity (Wildman–Crippen MR) is 81.5 cm³/mol. The summed E-state index contributed by atoms with van der Waals surface area (Å²) >= 11 is 0. The number of carbonyl (C=O) groups excluding carboxylic acids is 1. The molecule has 1 amide bonds. The summed E-state index contributed by atoms with van der Waals surface area (Å²) < 4.78 is 24.6. The van der Waals surface area contributed by atoms with E-state index >= 15 is 0 Å². The highest BCUT2D eigenvalue weighted by Crippen LogP contribution is 2.22. The highest BCUT2D eigenvalue weighted by atomic mass is 19.3. The Hall–Kier alpha value is -2.44. The molecular formula is C16H18F2N2O3. The molecule has 0 saturated carbocycles. The second kappa shape index (κ2) is 7.21. The Morgan fingerprint density at radius 3 is 2.74 bits per heavy atom. The lowest BCUT2D eigenvalue weighted by atomic mass is 10.1. The maximum Gasteiger partial charge on any atom is 0.326 e. The van der Waals surface area contributed by atoms with Crippen molar-refractivity contribution in [2.75, 3.05) is 0 Å². The molecule has 1 atom stereocenters. The minimum absolute atomic E-state index is 0.0356. The van der Waals surface area contributed by atoms with E-state index in [1.54, 1.807) is 6.20 Å². The lowest BCUT2D eigenvalue weighted by Gasteiger charge is -2.13. The van der Waals surface area contributed by atoms with Crippen molar-refractivity contribution in [3.63, 3.8) is 0 Å². The fourth-order valence-electron chi connectivity index (χ4n) is 2.49. The summed E-state index contributed by atoms with van der Waals surface area (Å²) in [5.74, 6) is -2.01. The van der Waals surface area contributed by atoms with Crippen LogP contribution in [0.1, 0.15) is 24.0 Å². The van der Waals surface area contributed by atoms with Crippen LogP contribution in [-0.4, -0.2) is 34.4 Å². The number of aromatic amines is 1. The second-order valence-electron chi connectivity index (χ2n) is 5.40. The first-order chi connectivity index (χ1) is 10.9. The van der Waals surface area contributed by atoms with Crippen molar-refractivity contribution in [1.82, 2.24) is 10.3 Å². The molecule has 0 aliphatic rings. The molecule has 2 aromatic rings. The van der Waals surface area contributed by atoms with E-state index in [9.17, 15) is 18.4 Å². The molecule has 3 N–H and O–H groups in total. The van der Waals surface area contributed by atoms with Crippen LogP contribution in [0.5, 0.6) is 0 Å². The molecule has 1 unspecified atom stereocenters. The number of H-pyrrole nitrogens is 1. The van der Waals surface area contributed by atoms with E-state index in [0.717, 1.165) is 22.0 Å². The van der Waals surface area contributed by atoms with Gasteiger partial charge in [0.05, 0.1) is 0 Å². The number of carbonyl (C=O) groups is 2. The molecule has 0 aliphatic carbocycles. The van der Waals surface area contributed by atoms with Gasteiger partial charge in [-0.25, -0.2) is 13.6 Å². The predicted octanol–water partition coefficient (Wildman–Crippen LogP) is 2.63. The number of hydrogen-bond acceptors (Lipinski definition) is 2. The van der Waals surface area contributed by atoms with Crippen LogP contribution >= 0.6 is 0 Å². The number of carboxylic acid groups (broad SMARTS) is 1. The Kier molecular flexibility index (Phi) is 5.31. The summed E-state index contributed by atoms with van der Waals surface area (Å²) in [4.78, 5) is 25.8. The summed E-state index contributed by atoms with van der Waals surface area (Å²) in [6.45, 7) is 1.97. The SMILES string of the molecule is Cc1cccc2c(CCC(=O)NC(CC(F)F)C(=O)O)c[nH]c12. The number of benzene rings is 1. The summed E-state index contributed by atoms with van der Waals surface area (Å²) in [5.41, 5.74) is 3.00. The molecule has 5 nitrogen and oxygen atoms in total. The number of para-hydroxylation sites is 1. The minimum atomic E-state index is -2.78. The molecule has 0 spiro atoms. The molecule has 124 valence electrons. The first kappa shape index (κ1) is 16.9. The van der Waals surface area contributed by atoms with Gasteiger partial charge >= 0.3 is 5.97 Å². The van der Waals surface area contributed by atoms with Gasteiger partial charge in [-0.1, -0.05) is 18.2 Å². The van der Waals surface area contributed by atoms with E-state index in [4.69, 9.17) is 5.11 Å². The maximum atomic E-state index is 12.3. The smallest absolute Gasteiger partial charge is 0.326 e. The van der Waals surface area contributed by atoms with Crippen LogP contribution < -0.4 is 5.32 Å². The van der Waals surface area contributed by atoms with Crippen LogP contribution in [0, 0.1) is 6.92 Å². The molecule has 0 bridgehead atoms. The zero-order valence-corrected chi connectivity index (χ0v) is 12.6. The third-order valence-corrected chi connectivity index (χ3v) is 3.68. The summed E-state index contributed by atoms with van der Waals surface area (Å²) in [6, 6.07) is 4.26. The van der Waals surface area contributed by atoms with Crippen molar-refractivity contribution in [3.05, 3.63) is 35.5 Å². The van der Waals surface area contributed by atoms with Gasteiger partial charge in [0, 0.05) is 29.9 Å². The molecule has 0 fully saturated rings. The van der Waals surface area contributed by atoms with E-state index < -0.39 is 30.8 Å². The molecule has 7 heteroatoms. The average Bonchev–Trinajstić information content (AvgIpc) is 2.88. The monoisotopic (exact) mass is 324 g/mol. The lowest BCUT2D eigenvalue weighted by molar-refractivity contribution is -0.143. The number of hydrogen-bond donors (Lipinski definition) is 3. The Bertz CT molecular complexity index is 712. The second-order valence-corrected chi connectivity index (χ2v) is 5.40. The highest BCUT2D eigenvalue weighted by molar-refractivity contribution is 5.87. The van der Waals surface area contributed by atoms with Gasteiger partial charge in [0.25, 0.3) is 0 Å². The van der Waals surface area contributed by atoms with Crippen molar-refractivity contribution in [2.45, 2.75) is 38.7 Å². The quantitative estimate of drug-likeness (QED) is 0.732. The first-order valence-electron chi connectivity index (χ1n) is 7.24. The van der Waals surface area contributed by atoms with Crippen molar-refractivity contribution < 1.29 is 23.5 Å². The molecule has 2 rings (SSSR count). The standard InChI is InChI=1S/C16H18F2N2O3/c1-9-3-2-4-11-10(8-19-15(9)11)5-6-14(21)20-12(16(22)23)7-13(17)18/h2-4,8,12-13,19H,5-7H2,1H3,(H,20,21)(H,22,23). The lowest BCUT2D eigenvalue weighted by Crippen LogP contribution is -2.42. The molecule has 23 heavy (non-hydrogen) atoms. The maximum absolute atomic E-state index is 12.3. The van der Waals surface area contributed by atoms with Gasteiger partial charge in [-0.2, -0.15) is 0 Å². The molecular weight excluding hydrogens is 306 g/mol. The third-order valence-electron chi connectivity index (χ3n) is 3.68. The average molecular weight is 324 g/mol. The zero-order chi connectivity index (χ0) is 17.0. The Morgan fingerprint density at radius 1 is 1.35 bits per heavy atom. The number of fused-ring (bicyclic) bond motifs is 1. The van der Waals surface area contributed by atoms with E-state index in [1.165, 1.54) is 0 Å². The summed E-state index contributed by atoms with van der Waals surface area (Å²) in [6.07, 6.45) is -1.44. The molecule has 0 saturated heterocycles. The van der Waals surface area contributed by atoms with Crippen LogP contribution in [0.2, 0.25) is 0 Å². The van der Waals surface area contributed by atoms with Crippen molar-refractivity contribution in [3.8, 4) is 0 Å². The number of aliphatic carboxylic acids is 1. The number of aryl methyl sites for hydroxylation is 2. The van der Waals surface area contributed by atoms with Gasteiger partial charge in [0.1, 0.15) is 6.04 Å². The third kappa shape index (κ3) is 4.28. The number of carboxylic acids is 1. The van der Waals surface area contributed by atoms with Crippen LogP contribution in [0.3, 0.4) is 0 Å². The normalized spacial score (nSPS) is 12.5. The minimum Gasteiger partial charge on any atom is -0.480 e. The Labute approximate surface area is 131 Å². The van der Waals surface area contributed by atoms with Crippen LogP contribution in [0.15, 0.2) is 24.4 Å². The van der Waals surface area contributed by atoms with Crippen LogP contribution in [0.4, 0.5) is 8.78 Å². The number of halogens is 2. The Balaban J connectivity index is 1.98. The fraction of sp³-hybridized carbons (Fsp3) is 0.375. The van der Waals surface area contributed by atoms with Gasteiger partial charge < -0.3 is 15.4 Å². The molecule has 0 radical (unpaired) electrons. The number of rotatable bonds is 7. The number of amides is 1. The van der Waals surface area contributed by atoms with E-state index in [0.29, 0.717) is 6.42 Å². The topological polar surface area (TPSA) is 82.2 Å². The van der Waals surface area contributed by atoms with E-state index in [1.807, 2.05) is 25.1 Å².